The molecule has 4 nitrogen and oxygen atoms in total. The lowest BCUT2D eigenvalue weighted by Crippen LogP contribution is -2.36. The van der Waals surface area contributed by atoms with Gasteiger partial charge >= 0.3 is 0 Å². The first-order valence-corrected chi connectivity index (χ1v) is 8.53. The highest BCUT2D eigenvalue weighted by atomic mass is 79.9. The van der Waals surface area contributed by atoms with Gasteiger partial charge < -0.3 is 5.32 Å². The summed E-state index contributed by atoms with van der Waals surface area (Å²) in [6, 6.07) is 18.0. The molecule has 0 radical (unpaired) electrons. The largest absolute Gasteiger partial charge is 0.349 e. The molecule has 3 atom stereocenters. The van der Waals surface area contributed by atoms with Crippen LogP contribution in [0.15, 0.2) is 59.1 Å². The summed E-state index contributed by atoms with van der Waals surface area (Å²) < 4.78 is 1.01. The topological polar surface area (TPSA) is 53.2 Å². The number of hydrogen-bond acceptors (Lipinski definition) is 3. The monoisotopic (exact) mass is 373 g/mol. The molecule has 1 saturated heterocycles. The van der Waals surface area contributed by atoms with Crippen LogP contribution in [0.3, 0.4) is 0 Å². The lowest BCUT2D eigenvalue weighted by molar-refractivity contribution is -0.125. The molecule has 3 N–H and O–H groups in total. The van der Waals surface area contributed by atoms with Gasteiger partial charge in [-0.05, 0) is 30.2 Å². The second-order valence-corrected chi connectivity index (χ2v) is 6.72. The molecular weight excluding hydrogens is 354 g/mol. The molecule has 120 valence electrons. The van der Waals surface area contributed by atoms with Crippen LogP contribution in [0.2, 0.25) is 0 Å². The standard InChI is InChI=1S/C18H20BrN3O/c1-12(13-6-3-2-4-7-13)21-18(23)16-11-20-22-17(16)14-8-5-9-15(19)10-14/h2-10,12,16-17,20,22H,11H2,1H3,(H,21,23). The molecule has 2 aromatic carbocycles. The minimum Gasteiger partial charge on any atom is -0.349 e. The average molecular weight is 374 g/mol. The number of benzene rings is 2. The van der Waals surface area contributed by atoms with Gasteiger partial charge in [-0.2, -0.15) is 0 Å². The molecule has 1 aliphatic rings. The van der Waals surface area contributed by atoms with Gasteiger partial charge in [-0.3, -0.25) is 10.2 Å². The molecule has 0 aliphatic carbocycles. The van der Waals surface area contributed by atoms with Gasteiger partial charge in [0.2, 0.25) is 5.91 Å². The van der Waals surface area contributed by atoms with Gasteiger partial charge in [-0.15, -0.1) is 0 Å². The predicted molar refractivity (Wildman–Crippen MR) is 94.5 cm³/mol. The Morgan fingerprint density at radius 3 is 2.74 bits per heavy atom. The molecule has 0 bridgehead atoms. The number of hydrogen-bond donors (Lipinski definition) is 3. The summed E-state index contributed by atoms with van der Waals surface area (Å²) in [5.41, 5.74) is 8.52. The van der Waals surface area contributed by atoms with E-state index in [0.717, 1.165) is 15.6 Å². The summed E-state index contributed by atoms with van der Waals surface area (Å²) in [4.78, 5) is 12.7. The molecule has 0 saturated carbocycles. The Kier molecular flexibility index (Phi) is 5.10. The molecule has 1 heterocycles. The van der Waals surface area contributed by atoms with Crippen LogP contribution < -0.4 is 16.2 Å². The number of rotatable bonds is 4. The zero-order valence-electron chi connectivity index (χ0n) is 12.9. The summed E-state index contributed by atoms with van der Waals surface area (Å²) in [6.07, 6.45) is 0. The first kappa shape index (κ1) is 16.2. The van der Waals surface area contributed by atoms with Crippen molar-refractivity contribution in [3.63, 3.8) is 0 Å². The van der Waals surface area contributed by atoms with Crippen molar-refractivity contribution in [3.05, 3.63) is 70.2 Å². The van der Waals surface area contributed by atoms with Crippen LogP contribution in [0, 0.1) is 5.92 Å². The average Bonchev–Trinajstić information content (AvgIpc) is 3.05. The fourth-order valence-electron chi connectivity index (χ4n) is 2.90. The molecule has 23 heavy (non-hydrogen) atoms. The van der Waals surface area contributed by atoms with E-state index in [9.17, 15) is 4.79 Å². The highest BCUT2D eigenvalue weighted by molar-refractivity contribution is 9.10. The van der Waals surface area contributed by atoms with Gasteiger partial charge in [-0.1, -0.05) is 58.4 Å². The molecule has 3 rings (SSSR count). The Morgan fingerprint density at radius 2 is 2.00 bits per heavy atom. The minimum atomic E-state index is -0.143. The molecule has 0 aromatic heterocycles. The maximum atomic E-state index is 12.7. The van der Waals surface area contributed by atoms with E-state index in [4.69, 9.17) is 0 Å². The van der Waals surface area contributed by atoms with Crippen molar-refractivity contribution in [2.24, 2.45) is 5.92 Å². The molecule has 1 amide bonds. The first-order valence-electron chi connectivity index (χ1n) is 7.74. The van der Waals surface area contributed by atoms with Gasteiger partial charge in [0.1, 0.15) is 0 Å². The second-order valence-electron chi connectivity index (χ2n) is 5.81. The molecular formula is C18H20BrN3O. The van der Waals surface area contributed by atoms with Crippen LogP contribution in [-0.4, -0.2) is 12.5 Å². The maximum Gasteiger partial charge on any atom is 0.226 e. The molecule has 5 heteroatoms. The molecule has 1 fully saturated rings. The van der Waals surface area contributed by atoms with Gasteiger partial charge in [-0.25, -0.2) is 5.43 Å². The van der Waals surface area contributed by atoms with Crippen molar-refractivity contribution in [2.45, 2.75) is 19.0 Å². The number of halogens is 1. The van der Waals surface area contributed by atoms with E-state index in [2.05, 4.69) is 32.1 Å². The molecule has 3 unspecified atom stereocenters. The summed E-state index contributed by atoms with van der Waals surface area (Å²) in [5.74, 6) is -0.0840. The normalized spacial score (nSPS) is 21.8. The Balaban J connectivity index is 1.71. The highest BCUT2D eigenvalue weighted by Crippen LogP contribution is 2.27. The predicted octanol–water partition coefficient (Wildman–Crippen LogP) is 3.09. The van der Waals surface area contributed by atoms with Crippen molar-refractivity contribution >= 4 is 21.8 Å². The van der Waals surface area contributed by atoms with Crippen LogP contribution in [0.5, 0.6) is 0 Å². The summed E-state index contributed by atoms with van der Waals surface area (Å²) >= 11 is 3.49. The Labute approximate surface area is 144 Å². The number of carbonyl (C=O) groups is 1. The summed E-state index contributed by atoms with van der Waals surface area (Å²) in [7, 11) is 0. The van der Waals surface area contributed by atoms with Crippen molar-refractivity contribution in [2.75, 3.05) is 6.54 Å². The van der Waals surface area contributed by atoms with E-state index in [-0.39, 0.29) is 23.9 Å². The second kappa shape index (κ2) is 7.25. The Bertz CT molecular complexity index is 677. The van der Waals surface area contributed by atoms with Crippen molar-refractivity contribution in [1.29, 1.82) is 0 Å². The molecule has 1 aliphatic heterocycles. The van der Waals surface area contributed by atoms with Crippen molar-refractivity contribution < 1.29 is 4.79 Å². The lowest BCUT2D eigenvalue weighted by atomic mass is 9.93. The first-order chi connectivity index (χ1) is 11.1. The van der Waals surface area contributed by atoms with Crippen LogP contribution in [0.25, 0.3) is 0 Å². The Hall–Kier alpha value is -1.69. The third-order valence-electron chi connectivity index (χ3n) is 4.18. The fraction of sp³-hybridized carbons (Fsp3) is 0.278. The third-order valence-corrected chi connectivity index (χ3v) is 4.68. The summed E-state index contributed by atoms with van der Waals surface area (Å²) in [6.45, 7) is 2.63. The third kappa shape index (κ3) is 3.80. The zero-order valence-corrected chi connectivity index (χ0v) is 14.5. The van der Waals surface area contributed by atoms with Crippen LogP contribution in [0.1, 0.15) is 30.1 Å². The quantitative estimate of drug-likeness (QED) is 0.771. The van der Waals surface area contributed by atoms with Crippen LogP contribution in [-0.2, 0) is 4.79 Å². The SMILES string of the molecule is CC(NC(=O)C1CNNC1c1cccc(Br)c1)c1ccccc1. The fourth-order valence-corrected chi connectivity index (χ4v) is 3.32. The lowest BCUT2D eigenvalue weighted by Gasteiger charge is -2.21. The van der Waals surface area contributed by atoms with Crippen molar-refractivity contribution in [1.82, 2.24) is 16.2 Å². The van der Waals surface area contributed by atoms with E-state index in [1.165, 1.54) is 0 Å². The molecule has 0 spiro atoms. The Morgan fingerprint density at radius 1 is 1.22 bits per heavy atom. The summed E-state index contributed by atoms with van der Waals surface area (Å²) in [5, 5.41) is 3.12. The highest BCUT2D eigenvalue weighted by Gasteiger charge is 2.34. The smallest absolute Gasteiger partial charge is 0.226 e. The van der Waals surface area contributed by atoms with E-state index >= 15 is 0 Å². The van der Waals surface area contributed by atoms with Gasteiger partial charge in [0.05, 0.1) is 18.0 Å². The van der Waals surface area contributed by atoms with Crippen molar-refractivity contribution in [3.8, 4) is 0 Å². The van der Waals surface area contributed by atoms with E-state index in [1.54, 1.807) is 0 Å². The minimum absolute atomic E-state index is 0.00698. The number of nitrogens with one attached hydrogen (secondary N) is 3. The number of hydrazine groups is 1. The maximum absolute atomic E-state index is 12.7. The van der Waals surface area contributed by atoms with Crippen LogP contribution in [0.4, 0.5) is 0 Å². The van der Waals surface area contributed by atoms with Gasteiger partial charge in [0, 0.05) is 11.0 Å². The van der Waals surface area contributed by atoms with Gasteiger partial charge in [0.15, 0.2) is 0 Å². The van der Waals surface area contributed by atoms with E-state index < -0.39 is 0 Å². The zero-order chi connectivity index (χ0) is 16.2. The van der Waals surface area contributed by atoms with Gasteiger partial charge in [0.25, 0.3) is 0 Å². The van der Waals surface area contributed by atoms with E-state index in [0.29, 0.717) is 6.54 Å². The van der Waals surface area contributed by atoms with Crippen LogP contribution >= 0.6 is 15.9 Å². The van der Waals surface area contributed by atoms with E-state index in [1.807, 2.05) is 61.5 Å². The molecule has 2 aromatic rings. The number of carbonyl (C=O) groups excluding carboxylic acids is 1. The number of amides is 1.